The predicted molar refractivity (Wildman–Crippen MR) is 79.6 cm³/mol. The average molecular weight is 350 g/mol. The number of nitrogens with one attached hydrogen (secondary N) is 1. The molecule has 0 saturated heterocycles. The van der Waals surface area contributed by atoms with Crippen LogP contribution in [0.2, 0.25) is 10.0 Å². The van der Waals surface area contributed by atoms with Gasteiger partial charge in [0.2, 0.25) is 0 Å². The zero-order chi connectivity index (χ0) is 15.6. The Labute approximate surface area is 131 Å². The Hall–Kier alpha value is -1.34. The van der Waals surface area contributed by atoms with Gasteiger partial charge in [-0.3, -0.25) is 4.72 Å². The van der Waals surface area contributed by atoms with Crippen LogP contribution in [0.1, 0.15) is 5.56 Å². The number of aliphatic hydroxyl groups is 1. The van der Waals surface area contributed by atoms with E-state index in [2.05, 4.69) is 4.72 Å². The first-order valence-electron chi connectivity index (χ1n) is 5.71. The summed E-state index contributed by atoms with van der Waals surface area (Å²) in [5.74, 6) is -0.732. The Morgan fingerprint density at radius 1 is 1.19 bits per heavy atom. The Balaban J connectivity index is 2.48. The van der Waals surface area contributed by atoms with Gasteiger partial charge >= 0.3 is 0 Å². The van der Waals surface area contributed by atoms with Gasteiger partial charge in [-0.05, 0) is 29.8 Å². The van der Waals surface area contributed by atoms with Crippen molar-refractivity contribution in [3.05, 3.63) is 57.8 Å². The molecule has 0 unspecified atom stereocenters. The highest BCUT2D eigenvalue weighted by molar-refractivity contribution is 7.92. The van der Waals surface area contributed by atoms with Crippen LogP contribution in [-0.2, 0) is 16.6 Å². The molecule has 2 rings (SSSR count). The highest BCUT2D eigenvalue weighted by Gasteiger charge is 2.20. The zero-order valence-electron chi connectivity index (χ0n) is 10.5. The first-order valence-corrected chi connectivity index (χ1v) is 7.95. The summed E-state index contributed by atoms with van der Waals surface area (Å²) in [6.07, 6.45) is 0. The van der Waals surface area contributed by atoms with E-state index in [0.717, 1.165) is 12.1 Å². The smallest absolute Gasteiger partial charge is 0.262 e. The van der Waals surface area contributed by atoms with Crippen LogP contribution < -0.4 is 4.72 Å². The summed E-state index contributed by atoms with van der Waals surface area (Å²) in [5, 5.41) is 9.39. The van der Waals surface area contributed by atoms with Gasteiger partial charge in [0.1, 0.15) is 5.82 Å². The number of hydrogen-bond acceptors (Lipinski definition) is 3. The molecule has 112 valence electrons. The van der Waals surface area contributed by atoms with Gasteiger partial charge in [-0.1, -0.05) is 35.3 Å². The van der Waals surface area contributed by atoms with Crippen molar-refractivity contribution in [3.63, 3.8) is 0 Å². The fourth-order valence-electron chi connectivity index (χ4n) is 1.69. The Morgan fingerprint density at radius 3 is 2.57 bits per heavy atom. The van der Waals surface area contributed by atoms with Gasteiger partial charge in [0.25, 0.3) is 10.0 Å². The van der Waals surface area contributed by atoms with Crippen molar-refractivity contribution in [1.29, 1.82) is 0 Å². The summed E-state index contributed by atoms with van der Waals surface area (Å²) < 4.78 is 40.1. The Bertz CT molecular complexity index is 781. The lowest BCUT2D eigenvalue weighted by atomic mass is 10.2. The van der Waals surface area contributed by atoms with Crippen LogP contribution in [0.4, 0.5) is 10.1 Å². The topological polar surface area (TPSA) is 66.4 Å². The van der Waals surface area contributed by atoms with Gasteiger partial charge in [0, 0.05) is 0 Å². The molecular formula is C13H10Cl2FNO3S. The second kappa shape index (κ2) is 6.19. The van der Waals surface area contributed by atoms with Crippen LogP contribution in [0.25, 0.3) is 0 Å². The van der Waals surface area contributed by atoms with Crippen molar-refractivity contribution in [2.75, 3.05) is 4.72 Å². The number of hydrogen-bond donors (Lipinski definition) is 2. The maximum Gasteiger partial charge on any atom is 0.262 e. The quantitative estimate of drug-likeness (QED) is 0.888. The number of rotatable bonds is 4. The molecule has 0 saturated carbocycles. The molecule has 4 nitrogen and oxygen atoms in total. The fourth-order valence-corrected chi connectivity index (χ4v) is 3.41. The standard InChI is InChI=1S/C13H10Cl2FNO3S/c14-10-2-1-3-11(13(10)15)17-21(19,20)12-6-9(16)5-4-8(12)7-18/h1-6,17-18H,7H2. The summed E-state index contributed by atoms with van der Waals surface area (Å²) >= 11 is 11.7. The predicted octanol–water partition coefficient (Wildman–Crippen LogP) is 3.43. The van der Waals surface area contributed by atoms with Crippen molar-refractivity contribution in [3.8, 4) is 0 Å². The molecular weight excluding hydrogens is 340 g/mol. The molecule has 0 aliphatic rings. The largest absolute Gasteiger partial charge is 0.392 e. The van der Waals surface area contributed by atoms with E-state index in [0.29, 0.717) is 0 Å². The number of anilines is 1. The molecule has 0 bridgehead atoms. The van der Waals surface area contributed by atoms with Crippen LogP contribution in [0, 0.1) is 5.82 Å². The third-order valence-electron chi connectivity index (χ3n) is 2.68. The van der Waals surface area contributed by atoms with E-state index in [4.69, 9.17) is 23.2 Å². The van der Waals surface area contributed by atoms with Gasteiger partial charge in [-0.25, -0.2) is 12.8 Å². The Kier molecular flexibility index (Phi) is 4.73. The second-order valence-electron chi connectivity index (χ2n) is 4.12. The Morgan fingerprint density at radius 2 is 1.90 bits per heavy atom. The maximum absolute atomic E-state index is 13.3. The molecule has 0 radical (unpaired) electrons. The molecule has 0 amide bonds. The van der Waals surface area contributed by atoms with Crippen LogP contribution in [0.15, 0.2) is 41.3 Å². The molecule has 0 aliphatic heterocycles. The summed E-state index contributed by atoms with van der Waals surface area (Å²) in [7, 11) is -4.11. The highest BCUT2D eigenvalue weighted by Crippen LogP contribution is 2.31. The molecule has 21 heavy (non-hydrogen) atoms. The van der Waals surface area contributed by atoms with Gasteiger partial charge in [0.15, 0.2) is 0 Å². The van der Waals surface area contributed by atoms with Crippen molar-refractivity contribution in [2.45, 2.75) is 11.5 Å². The van der Waals surface area contributed by atoms with Crippen LogP contribution in [-0.4, -0.2) is 13.5 Å². The zero-order valence-corrected chi connectivity index (χ0v) is 12.8. The summed E-state index contributed by atoms with van der Waals surface area (Å²) in [6.45, 7) is -0.542. The van der Waals surface area contributed by atoms with Crippen molar-refractivity contribution in [1.82, 2.24) is 0 Å². The maximum atomic E-state index is 13.3. The van der Waals surface area contributed by atoms with Crippen LogP contribution in [0.3, 0.4) is 0 Å². The molecule has 2 aromatic rings. The molecule has 2 N–H and O–H groups in total. The van der Waals surface area contributed by atoms with Gasteiger partial charge in [-0.2, -0.15) is 0 Å². The van der Waals surface area contributed by atoms with Crippen LogP contribution in [0.5, 0.6) is 0 Å². The summed E-state index contributed by atoms with van der Waals surface area (Å²) in [4.78, 5) is -0.360. The second-order valence-corrected chi connectivity index (χ2v) is 6.55. The first-order chi connectivity index (χ1) is 9.85. The van der Waals surface area contributed by atoms with E-state index in [9.17, 15) is 17.9 Å². The summed E-state index contributed by atoms with van der Waals surface area (Å²) in [6, 6.07) is 7.53. The minimum absolute atomic E-state index is 0.0321. The van der Waals surface area contributed by atoms with E-state index >= 15 is 0 Å². The van der Waals surface area contributed by atoms with E-state index in [1.54, 1.807) is 0 Å². The van der Waals surface area contributed by atoms with E-state index in [1.165, 1.54) is 24.3 Å². The molecule has 8 heteroatoms. The summed E-state index contributed by atoms with van der Waals surface area (Å²) in [5.41, 5.74) is 0.138. The molecule has 0 aliphatic carbocycles. The fraction of sp³-hybridized carbons (Fsp3) is 0.0769. The minimum Gasteiger partial charge on any atom is -0.392 e. The van der Waals surface area contributed by atoms with Crippen molar-refractivity contribution >= 4 is 38.9 Å². The number of halogens is 3. The molecule has 0 aromatic heterocycles. The lowest BCUT2D eigenvalue weighted by Crippen LogP contribution is -2.15. The molecule has 0 spiro atoms. The van der Waals surface area contributed by atoms with Crippen LogP contribution >= 0.6 is 23.2 Å². The molecule has 0 fully saturated rings. The van der Waals surface area contributed by atoms with Gasteiger partial charge in [0.05, 0.1) is 27.2 Å². The number of aliphatic hydroxyl groups excluding tert-OH is 1. The lowest BCUT2D eigenvalue weighted by Gasteiger charge is -2.12. The lowest BCUT2D eigenvalue weighted by molar-refractivity contribution is 0.278. The molecule has 2 aromatic carbocycles. The van der Waals surface area contributed by atoms with Crippen molar-refractivity contribution < 1.29 is 17.9 Å². The monoisotopic (exact) mass is 349 g/mol. The third kappa shape index (κ3) is 3.47. The van der Waals surface area contributed by atoms with E-state index in [1.807, 2.05) is 0 Å². The first kappa shape index (κ1) is 16.0. The number of benzene rings is 2. The van der Waals surface area contributed by atoms with E-state index < -0.39 is 22.4 Å². The van der Waals surface area contributed by atoms with Gasteiger partial charge < -0.3 is 5.11 Å². The minimum atomic E-state index is -4.11. The van der Waals surface area contributed by atoms with E-state index in [-0.39, 0.29) is 26.2 Å². The average Bonchev–Trinajstić information content (AvgIpc) is 2.44. The van der Waals surface area contributed by atoms with Gasteiger partial charge in [-0.15, -0.1) is 0 Å². The molecule has 0 atom stereocenters. The SMILES string of the molecule is O=S(=O)(Nc1cccc(Cl)c1Cl)c1cc(F)ccc1CO. The van der Waals surface area contributed by atoms with Crippen molar-refractivity contribution in [2.24, 2.45) is 0 Å². The normalized spacial score (nSPS) is 11.4. The number of sulfonamides is 1. The third-order valence-corrected chi connectivity index (χ3v) is 4.95. The highest BCUT2D eigenvalue weighted by atomic mass is 35.5. The molecule has 0 heterocycles.